The molecule has 0 aliphatic carbocycles. The third-order valence-electron chi connectivity index (χ3n) is 3.35. The molecule has 0 fully saturated rings. The van der Waals surface area contributed by atoms with Gasteiger partial charge in [0.25, 0.3) is 0 Å². The molecule has 0 amide bonds. The molecule has 0 heterocycles. The molecule has 28 heavy (non-hydrogen) atoms. The van der Waals surface area contributed by atoms with Gasteiger partial charge in [-0.3, -0.25) is 0 Å². The third-order valence-corrected chi connectivity index (χ3v) is 3.35. The molecule has 152 valence electrons. The number of rotatable bonds is 10. The number of ether oxygens (including phenoxy) is 2. The molecule has 1 aromatic rings. The highest BCUT2D eigenvalue weighted by Gasteiger charge is 2.05. The molecule has 0 bridgehead atoms. The normalized spacial score (nSPS) is 11.1. The second-order valence-corrected chi connectivity index (χ2v) is 5.55. The summed E-state index contributed by atoms with van der Waals surface area (Å²) in [5.41, 5.74) is 2.72. The molecule has 0 aliphatic rings. The number of benzene rings is 1. The van der Waals surface area contributed by atoms with Crippen LogP contribution >= 0.6 is 0 Å². The number of aliphatic hydroxyl groups excluding tert-OH is 1. The number of esters is 1. The summed E-state index contributed by atoms with van der Waals surface area (Å²) in [7, 11) is 0. The Bertz CT molecular complexity index is 671. The Balaban J connectivity index is 0.000000609. The van der Waals surface area contributed by atoms with E-state index in [2.05, 4.69) is 13.2 Å². The molecular formula is C22H28O6. The van der Waals surface area contributed by atoms with Crippen molar-refractivity contribution in [2.75, 3.05) is 26.4 Å². The second-order valence-electron chi connectivity index (χ2n) is 5.55. The Morgan fingerprint density at radius 2 is 1.43 bits per heavy atom. The molecule has 0 spiro atoms. The van der Waals surface area contributed by atoms with Crippen molar-refractivity contribution in [2.45, 2.75) is 13.8 Å². The van der Waals surface area contributed by atoms with E-state index in [9.17, 15) is 9.59 Å². The van der Waals surface area contributed by atoms with Crippen molar-refractivity contribution >= 4 is 24.1 Å². The maximum Gasteiger partial charge on any atom is 0.333 e. The van der Waals surface area contributed by atoms with Crippen molar-refractivity contribution < 1.29 is 29.3 Å². The monoisotopic (exact) mass is 388 g/mol. The lowest BCUT2D eigenvalue weighted by Crippen LogP contribution is -2.12. The minimum Gasteiger partial charge on any atom is -0.478 e. The number of allylic oxidation sites excluding steroid dienone is 2. The maximum absolute atomic E-state index is 11.4. The van der Waals surface area contributed by atoms with Gasteiger partial charge in [0.05, 0.1) is 19.8 Å². The fourth-order valence-electron chi connectivity index (χ4n) is 1.63. The van der Waals surface area contributed by atoms with Crippen molar-refractivity contribution in [1.29, 1.82) is 0 Å². The van der Waals surface area contributed by atoms with Gasteiger partial charge in [-0.05, 0) is 25.0 Å². The van der Waals surface area contributed by atoms with E-state index in [1.807, 2.05) is 36.4 Å². The van der Waals surface area contributed by atoms with E-state index in [4.69, 9.17) is 19.7 Å². The summed E-state index contributed by atoms with van der Waals surface area (Å²) in [4.78, 5) is 21.9. The zero-order chi connectivity index (χ0) is 21.4. The first kappa shape index (κ1) is 25.0. The minimum absolute atomic E-state index is 0.0772. The first-order valence-electron chi connectivity index (χ1n) is 8.64. The zero-order valence-electron chi connectivity index (χ0n) is 16.4. The number of hydrogen-bond acceptors (Lipinski definition) is 5. The largest absolute Gasteiger partial charge is 0.478 e. The average molecular weight is 388 g/mol. The molecule has 6 nitrogen and oxygen atoms in total. The van der Waals surface area contributed by atoms with Crippen molar-refractivity contribution in [3.8, 4) is 0 Å². The lowest BCUT2D eigenvalue weighted by molar-refractivity contribution is -0.140. The number of carboxylic acid groups (broad SMARTS) is 1. The molecule has 6 heteroatoms. The molecule has 2 N–H and O–H groups in total. The average Bonchev–Trinajstić information content (AvgIpc) is 2.71. The van der Waals surface area contributed by atoms with Crippen LogP contribution in [0.4, 0.5) is 0 Å². The Kier molecular flexibility index (Phi) is 13.5. The predicted molar refractivity (Wildman–Crippen MR) is 111 cm³/mol. The first-order valence-corrected chi connectivity index (χ1v) is 8.64. The Morgan fingerprint density at radius 3 is 1.86 bits per heavy atom. The molecule has 0 radical (unpaired) electrons. The van der Waals surface area contributed by atoms with Crippen molar-refractivity contribution in [2.24, 2.45) is 0 Å². The second kappa shape index (κ2) is 15.1. The topological polar surface area (TPSA) is 93.1 Å². The molecule has 0 atom stereocenters. The fourth-order valence-corrected chi connectivity index (χ4v) is 1.63. The molecule has 0 aliphatic heterocycles. The highest BCUT2D eigenvalue weighted by Crippen LogP contribution is 2.05. The number of aliphatic carboxylic acids is 1. The number of carbonyl (C=O) groups excluding carboxylic acids is 1. The summed E-state index contributed by atoms with van der Waals surface area (Å²) in [6.45, 7) is 10.7. The van der Waals surface area contributed by atoms with E-state index in [1.165, 1.54) is 26.0 Å². The maximum atomic E-state index is 11.4. The molecule has 0 aromatic heterocycles. The van der Waals surface area contributed by atoms with Crippen LogP contribution in [0.3, 0.4) is 0 Å². The minimum atomic E-state index is -1.04. The Morgan fingerprint density at radius 1 is 0.929 bits per heavy atom. The molecular weight excluding hydrogens is 360 g/mol. The van der Waals surface area contributed by atoms with Gasteiger partial charge in [0.2, 0.25) is 0 Å². The van der Waals surface area contributed by atoms with Crippen molar-refractivity contribution in [1.82, 2.24) is 0 Å². The molecule has 1 aromatic carbocycles. The molecule has 0 unspecified atom stereocenters. The summed E-state index contributed by atoms with van der Waals surface area (Å²) >= 11 is 0. The van der Waals surface area contributed by atoms with E-state index >= 15 is 0 Å². The first-order chi connectivity index (χ1) is 13.3. The van der Waals surface area contributed by atoms with E-state index in [-0.39, 0.29) is 32.0 Å². The van der Waals surface area contributed by atoms with E-state index in [0.717, 1.165) is 11.1 Å². The number of hydrogen-bond donors (Lipinski definition) is 2. The number of carboxylic acids is 1. The van der Waals surface area contributed by atoms with Gasteiger partial charge in [-0.1, -0.05) is 61.7 Å². The van der Waals surface area contributed by atoms with Gasteiger partial charge in [-0.2, -0.15) is 0 Å². The van der Waals surface area contributed by atoms with Crippen LogP contribution in [0.15, 0.2) is 60.7 Å². The Hall–Kier alpha value is -2.96. The van der Waals surface area contributed by atoms with Gasteiger partial charge < -0.3 is 19.7 Å². The van der Waals surface area contributed by atoms with Gasteiger partial charge in [0.1, 0.15) is 6.61 Å². The summed E-state index contributed by atoms with van der Waals surface area (Å²) in [6.07, 6.45) is 6.38. The summed E-state index contributed by atoms with van der Waals surface area (Å²) in [5, 5.41) is 17.0. The van der Waals surface area contributed by atoms with Gasteiger partial charge in [0, 0.05) is 11.1 Å². The standard InChI is InChI=1S/C12H18O6.C10H10/c1-9(11(14)15)3-4-10(2)12(16)18-8-7-17-6-5-13;1-3-9-5-7-10(4-2)8-6-9/h3-4,13H,5-8H2,1-2H3,(H,14,15);3-8H,1-2H2. The highest BCUT2D eigenvalue weighted by atomic mass is 16.6. The molecule has 0 saturated heterocycles. The highest BCUT2D eigenvalue weighted by molar-refractivity contribution is 5.89. The number of carbonyl (C=O) groups is 2. The summed E-state index contributed by atoms with van der Waals surface area (Å²) < 4.78 is 9.76. The van der Waals surface area contributed by atoms with E-state index < -0.39 is 11.9 Å². The summed E-state index contributed by atoms with van der Waals surface area (Å²) in [5.74, 6) is -1.57. The lowest BCUT2D eigenvalue weighted by atomic mass is 10.1. The third kappa shape index (κ3) is 11.6. The molecule has 1 rings (SSSR count). The van der Waals surface area contributed by atoms with Crippen LogP contribution in [0.1, 0.15) is 25.0 Å². The van der Waals surface area contributed by atoms with Gasteiger partial charge >= 0.3 is 11.9 Å². The van der Waals surface area contributed by atoms with Gasteiger partial charge in [0.15, 0.2) is 0 Å². The number of aliphatic hydroxyl groups is 1. The van der Waals surface area contributed by atoms with Crippen molar-refractivity contribution in [3.05, 3.63) is 71.8 Å². The van der Waals surface area contributed by atoms with Crippen LogP contribution in [-0.4, -0.2) is 48.6 Å². The zero-order valence-corrected chi connectivity index (χ0v) is 16.4. The SMILES string of the molecule is C=Cc1ccc(C=C)cc1.CC(=CC=C(C)C(=O)OCCOCCO)C(=O)O. The quantitative estimate of drug-likeness (QED) is 0.276. The predicted octanol–water partition coefficient (Wildman–Crippen LogP) is 3.49. The fraction of sp³-hybridized carbons (Fsp3) is 0.273. The van der Waals surface area contributed by atoms with E-state index in [1.54, 1.807) is 0 Å². The van der Waals surface area contributed by atoms with Crippen LogP contribution < -0.4 is 0 Å². The van der Waals surface area contributed by atoms with Crippen LogP contribution in [0.2, 0.25) is 0 Å². The Labute approximate surface area is 166 Å². The van der Waals surface area contributed by atoms with Gasteiger partial charge in [-0.15, -0.1) is 0 Å². The van der Waals surface area contributed by atoms with Crippen LogP contribution in [-0.2, 0) is 19.1 Å². The van der Waals surface area contributed by atoms with Crippen LogP contribution in [0, 0.1) is 0 Å². The van der Waals surface area contributed by atoms with Crippen LogP contribution in [0.25, 0.3) is 12.2 Å². The lowest BCUT2D eigenvalue weighted by Gasteiger charge is -2.04. The van der Waals surface area contributed by atoms with Crippen molar-refractivity contribution in [3.63, 3.8) is 0 Å². The summed E-state index contributed by atoms with van der Waals surface area (Å²) in [6, 6.07) is 8.07. The van der Waals surface area contributed by atoms with Gasteiger partial charge in [-0.25, -0.2) is 9.59 Å². The smallest absolute Gasteiger partial charge is 0.333 e. The van der Waals surface area contributed by atoms with Crippen LogP contribution in [0.5, 0.6) is 0 Å². The molecule has 0 saturated carbocycles. The van der Waals surface area contributed by atoms with E-state index in [0.29, 0.717) is 5.57 Å².